The lowest BCUT2D eigenvalue weighted by Crippen LogP contribution is -2.38. The maximum Gasteiger partial charge on any atom is 0.313 e. The molecule has 132 valence electrons. The average Bonchev–Trinajstić information content (AvgIpc) is 2.49. The van der Waals surface area contributed by atoms with Crippen molar-refractivity contribution in [1.29, 1.82) is 0 Å². The summed E-state index contributed by atoms with van der Waals surface area (Å²) in [5.41, 5.74) is 11.4. The monoisotopic (exact) mass is 336 g/mol. The van der Waals surface area contributed by atoms with Gasteiger partial charge in [0.1, 0.15) is 0 Å². The van der Waals surface area contributed by atoms with Gasteiger partial charge >= 0.3 is 11.9 Å². The molecule has 24 heavy (non-hydrogen) atoms. The SMILES string of the molecule is CC(C)C(=O)Oc1ccc(C[C@H](N)C(N)=O)cc1OC(=O)C(C)C. The van der Waals surface area contributed by atoms with Gasteiger partial charge in [0.25, 0.3) is 0 Å². The highest BCUT2D eigenvalue weighted by Gasteiger charge is 2.19. The molecule has 0 saturated heterocycles. The first-order valence-corrected chi connectivity index (χ1v) is 7.73. The van der Waals surface area contributed by atoms with Crippen LogP contribution in [0.4, 0.5) is 0 Å². The molecule has 1 aromatic rings. The Balaban J connectivity index is 3.11. The molecule has 0 radical (unpaired) electrons. The summed E-state index contributed by atoms with van der Waals surface area (Å²) in [6, 6.07) is 3.80. The molecule has 7 heteroatoms. The predicted molar refractivity (Wildman–Crippen MR) is 88.3 cm³/mol. The highest BCUT2D eigenvalue weighted by molar-refractivity contribution is 5.80. The van der Waals surface area contributed by atoms with E-state index in [2.05, 4.69) is 0 Å². The molecule has 1 rings (SSSR count). The maximum absolute atomic E-state index is 11.9. The molecule has 4 N–H and O–H groups in total. The van der Waals surface area contributed by atoms with Crippen LogP contribution in [0.1, 0.15) is 33.3 Å². The van der Waals surface area contributed by atoms with Crippen LogP contribution in [0.25, 0.3) is 0 Å². The Morgan fingerprint density at radius 2 is 1.46 bits per heavy atom. The quantitative estimate of drug-likeness (QED) is 0.569. The summed E-state index contributed by atoms with van der Waals surface area (Å²) in [4.78, 5) is 34.7. The minimum Gasteiger partial charge on any atom is -0.422 e. The fourth-order valence-corrected chi connectivity index (χ4v) is 1.65. The number of hydrogen-bond acceptors (Lipinski definition) is 6. The van der Waals surface area contributed by atoms with Gasteiger partial charge in [0.15, 0.2) is 11.5 Å². The van der Waals surface area contributed by atoms with Gasteiger partial charge in [-0.3, -0.25) is 14.4 Å². The second-order valence-corrected chi connectivity index (χ2v) is 6.15. The maximum atomic E-state index is 11.9. The Bertz CT molecular complexity index is 625. The second-order valence-electron chi connectivity index (χ2n) is 6.15. The van der Waals surface area contributed by atoms with Crippen molar-refractivity contribution >= 4 is 17.8 Å². The van der Waals surface area contributed by atoms with Gasteiger partial charge in [-0.2, -0.15) is 0 Å². The summed E-state index contributed by atoms with van der Waals surface area (Å²) < 4.78 is 10.6. The van der Waals surface area contributed by atoms with Crippen LogP contribution >= 0.6 is 0 Å². The van der Waals surface area contributed by atoms with Crippen LogP contribution in [0.3, 0.4) is 0 Å². The number of carbonyl (C=O) groups is 3. The number of carbonyl (C=O) groups excluding carboxylic acids is 3. The van der Waals surface area contributed by atoms with Gasteiger partial charge in [-0.15, -0.1) is 0 Å². The lowest BCUT2D eigenvalue weighted by Gasteiger charge is -2.15. The number of ether oxygens (including phenoxy) is 2. The van der Waals surface area contributed by atoms with Crippen molar-refractivity contribution in [1.82, 2.24) is 0 Å². The predicted octanol–water partition coefficient (Wildman–Crippen LogP) is 1.16. The third-order valence-electron chi connectivity index (χ3n) is 3.19. The summed E-state index contributed by atoms with van der Waals surface area (Å²) in [5, 5.41) is 0. The Kier molecular flexibility index (Phi) is 6.91. The smallest absolute Gasteiger partial charge is 0.313 e. The fraction of sp³-hybridized carbons (Fsp3) is 0.471. The lowest BCUT2D eigenvalue weighted by atomic mass is 10.1. The summed E-state index contributed by atoms with van der Waals surface area (Å²) >= 11 is 0. The number of nitrogens with two attached hydrogens (primary N) is 2. The number of rotatable bonds is 7. The summed E-state index contributed by atoms with van der Waals surface area (Å²) in [6.07, 6.45) is 0.181. The van der Waals surface area contributed by atoms with E-state index >= 15 is 0 Å². The van der Waals surface area contributed by atoms with E-state index in [4.69, 9.17) is 20.9 Å². The summed E-state index contributed by atoms with van der Waals surface area (Å²) in [7, 11) is 0. The lowest BCUT2D eigenvalue weighted by molar-refractivity contribution is -0.140. The van der Waals surface area contributed by atoms with E-state index in [1.54, 1.807) is 33.8 Å². The minimum atomic E-state index is -0.859. The highest BCUT2D eigenvalue weighted by atomic mass is 16.6. The topological polar surface area (TPSA) is 122 Å². The molecule has 0 heterocycles. The van der Waals surface area contributed by atoms with Crippen molar-refractivity contribution < 1.29 is 23.9 Å². The van der Waals surface area contributed by atoms with Crippen LogP contribution in [0.5, 0.6) is 11.5 Å². The molecule has 0 saturated carbocycles. The Morgan fingerprint density at radius 3 is 1.92 bits per heavy atom. The van der Waals surface area contributed by atoms with E-state index in [1.165, 1.54) is 12.1 Å². The van der Waals surface area contributed by atoms with Crippen molar-refractivity contribution in [3.8, 4) is 11.5 Å². The minimum absolute atomic E-state index is 0.108. The Hall–Kier alpha value is -2.41. The molecule has 0 fully saturated rings. The number of benzene rings is 1. The van der Waals surface area contributed by atoms with Crippen molar-refractivity contribution in [2.75, 3.05) is 0 Å². The molecule has 0 aliphatic heterocycles. The van der Waals surface area contributed by atoms with Gasteiger partial charge in [-0.05, 0) is 24.1 Å². The van der Waals surface area contributed by atoms with Crippen LogP contribution in [-0.4, -0.2) is 23.9 Å². The Morgan fingerprint density at radius 1 is 0.958 bits per heavy atom. The molecule has 1 aromatic carbocycles. The van der Waals surface area contributed by atoms with Crippen LogP contribution in [-0.2, 0) is 20.8 Å². The van der Waals surface area contributed by atoms with Crippen molar-refractivity contribution in [2.24, 2.45) is 23.3 Å². The van der Waals surface area contributed by atoms with E-state index in [0.29, 0.717) is 5.56 Å². The number of hydrogen-bond donors (Lipinski definition) is 2. The van der Waals surface area contributed by atoms with Crippen molar-refractivity contribution in [2.45, 2.75) is 40.2 Å². The molecule has 0 bridgehead atoms. The zero-order chi connectivity index (χ0) is 18.4. The third-order valence-corrected chi connectivity index (χ3v) is 3.19. The fourth-order valence-electron chi connectivity index (χ4n) is 1.65. The first-order chi connectivity index (χ1) is 11.1. The van der Waals surface area contributed by atoms with E-state index in [0.717, 1.165) is 0 Å². The summed E-state index contributed by atoms with van der Waals surface area (Å²) in [5.74, 6) is -1.98. The van der Waals surface area contributed by atoms with E-state index < -0.39 is 23.9 Å². The number of primary amides is 1. The largest absolute Gasteiger partial charge is 0.422 e. The van der Waals surface area contributed by atoms with E-state index in [1.807, 2.05) is 0 Å². The van der Waals surface area contributed by atoms with Crippen molar-refractivity contribution in [3.05, 3.63) is 23.8 Å². The zero-order valence-electron chi connectivity index (χ0n) is 14.4. The van der Waals surface area contributed by atoms with Gasteiger partial charge in [0, 0.05) is 0 Å². The Labute approximate surface area is 141 Å². The van der Waals surface area contributed by atoms with Gasteiger partial charge < -0.3 is 20.9 Å². The molecular formula is C17H24N2O5. The van der Waals surface area contributed by atoms with Gasteiger partial charge in [0.05, 0.1) is 17.9 Å². The molecule has 0 spiro atoms. The normalized spacial score (nSPS) is 12.1. The number of esters is 2. The molecule has 0 aromatic heterocycles. The molecule has 0 aliphatic rings. The zero-order valence-corrected chi connectivity index (χ0v) is 14.4. The third kappa shape index (κ3) is 5.66. The molecule has 7 nitrogen and oxygen atoms in total. The van der Waals surface area contributed by atoms with Crippen molar-refractivity contribution in [3.63, 3.8) is 0 Å². The summed E-state index contributed by atoms with van der Waals surface area (Å²) in [6.45, 7) is 6.77. The molecular weight excluding hydrogens is 312 g/mol. The van der Waals surface area contributed by atoms with Gasteiger partial charge in [0.2, 0.25) is 5.91 Å². The van der Waals surface area contributed by atoms with Gasteiger partial charge in [-0.25, -0.2) is 0 Å². The van der Waals surface area contributed by atoms with E-state index in [9.17, 15) is 14.4 Å². The first kappa shape index (κ1) is 19.6. The standard InChI is InChI=1S/C17H24N2O5/c1-9(2)16(21)23-13-6-5-11(7-12(18)15(19)20)8-14(13)24-17(22)10(3)4/h5-6,8-10,12H,7,18H2,1-4H3,(H2,19,20)/t12-/m0/s1. The molecule has 0 aliphatic carbocycles. The van der Waals surface area contributed by atoms with E-state index in [-0.39, 0.29) is 29.8 Å². The van der Waals surface area contributed by atoms with Crippen LogP contribution in [0, 0.1) is 11.8 Å². The molecule has 1 atom stereocenters. The van der Waals surface area contributed by atoms with Gasteiger partial charge in [-0.1, -0.05) is 33.8 Å². The second kappa shape index (κ2) is 8.44. The molecule has 0 unspecified atom stereocenters. The molecule has 1 amide bonds. The van der Waals surface area contributed by atoms with Crippen LogP contribution in [0.15, 0.2) is 18.2 Å². The van der Waals surface area contributed by atoms with Crippen LogP contribution in [0.2, 0.25) is 0 Å². The van der Waals surface area contributed by atoms with Crippen LogP contribution < -0.4 is 20.9 Å². The number of amides is 1. The first-order valence-electron chi connectivity index (χ1n) is 7.73. The highest BCUT2D eigenvalue weighted by Crippen LogP contribution is 2.30. The average molecular weight is 336 g/mol.